The van der Waals surface area contributed by atoms with E-state index in [4.69, 9.17) is 0 Å². The molecule has 1 aliphatic rings. The number of nitrogens with one attached hydrogen (secondary N) is 3. The van der Waals surface area contributed by atoms with Gasteiger partial charge in [0.15, 0.2) is 5.82 Å². The van der Waals surface area contributed by atoms with Crippen LogP contribution in [0, 0.1) is 23.1 Å². The van der Waals surface area contributed by atoms with E-state index in [2.05, 4.69) is 26.8 Å². The molecule has 0 bridgehead atoms. The number of fused-ring (bicyclic) bond motifs is 1. The molecule has 0 aliphatic heterocycles. The van der Waals surface area contributed by atoms with Crippen LogP contribution in [-0.2, 0) is 0 Å². The van der Waals surface area contributed by atoms with Crippen molar-refractivity contribution in [2.75, 3.05) is 11.9 Å². The van der Waals surface area contributed by atoms with E-state index in [1.807, 2.05) is 0 Å². The molecule has 11 heteroatoms. The molecular formula is C22H22F4N6O. The van der Waals surface area contributed by atoms with E-state index in [0.29, 0.717) is 5.52 Å². The van der Waals surface area contributed by atoms with E-state index in [9.17, 15) is 27.6 Å². The number of benzene rings is 1. The van der Waals surface area contributed by atoms with Crippen molar-refractivity contribution >= 4 is 22.4 Å². The second-order valence-corrected chi connectivity index (χ2v) is 8.02. The Kier molecular flexibility index (Phi) is 6.12. The fourth-order valence-electron chi connectivity index (χ4n) is 4.05. The summed E-state index contributed by atoms with van der Waals surface area (Å²) in [5.41, 5.74) is -0.276. The number of nitriles is 1. The number of halogens is 4. The first kappa shape index (κ1) is 22.8. The predicted molar refractivity (Wildman–Crippen MR) is 115 cm³/mol. The van der Waals surface area contributed by atoms with Crippen molar-refractivity contribution < 1.29 is 17.6 Å². The van der Waals surface area contributed by atoms with Crippen molar-refractivity contribution in [1.82, 2.24) is 20.1 Å². The lowest BCUT2D eigenvalue weighted by atomic mass is 10.0. The average molecular weight is 462 g/mol. The molecular weight excluding hydrogens is 440 g/mol. The molecule has 3 aromatic rings. The molecule has 2 aromatic heterocycles. The SMILES string of the molecule is CCN[C@H](c1ccc(Nc2nn([C@@H](CC#N)C3CC3)c3cc[nH]c(=O)c23)cc1F)C(F)(F)F. The molecule has 3 N–H and O–H groups in total. The van der Waals surface area contributed by atoms with E-state index in [1.165, 1.54) is 19.2 Å². The highest BCUT2D eigenvalue weighted by atomic mass is 19.4. The standard InChI is InChI=1S/C22H22F4N6O/c1-2-28-19(22(24,25)26)14-6-5-13(11-15(14)23)30-20-18-17(8-10-29-21(18)33)32(31-20)16(7-9-27)12-3-4-12/h5-6,8,10-12,16,19,28H,2-4,7H2,1H3,(H,29,33)(H,30,31)/t16-,19+/m0/s1. The fourth-order valence-corrected chi connectivity index (χ4v) is 4.05. The molecule has 33 heavy (non-hydrogen) atoms. The monoisotopic (exact) mass is 462 g/mol. The number of rotatable bonds is 8. The third kappa shape index (κ3) is 4.57. The van der Waals surface area contributed by atoms with E-state index < -0.39 is 29.2 Å². The lowest BCUT2D eigenvalue weighted by Gasteiger charge is -2.22. The number of aromatic nitrogens is 3. The molecule has 7 nitrogen and oxygen atoms in total. The lowest BCUT2D eigenvalue weighted by molar-refractivity contribution is -0.158. The molecule has 0 saturated heterocycles. The maximum Gasteiger partial charge on any atom is 0.408 e. The molecule has 4 rings (SSSR count). The van der Waals surface area contributed by atoms with Crippen molar-refractivity contribution in [3.8, 4) is 6.07 Å². The highest BCUT2D eigenvalue weighted by Gasteiger charge is 2.41. The normalized spacial score (nSPS) is 15.9. The second-order valence-electron chi connectivity index (χ2n) is 8.02. The summed E-state index contributed by atoms with van der Waals surface area (Å²) in [5, 5.41) is 19.1. The van der Waals surface area contributed by atoms with E-state index >= 15 is 0 Å². The fraction of sp³-hybridized carbons (Fsp3) is 0.409. The van der Waals surface area contributed by atoms with Gasteiger partial charge >= 0.3 is 6.18 Å². The van der Waals surface area contributed by atoms with E-state index in [-0.39, 0.29) is 41.8 Å². The summed E-state index contributed by atoms with van der Waals surface area (Å²) in [4.78, 5) is 15.1. The summed E-state index contributed by atoms with van der Waals surface area (Å²) >= 11 is 0. The number of hydrogen-bond donors (Lipinski definition) is 3. The van der Waals surface area contributed by atoms with Crippen LogP contribution in [0.5, 0.6) is 0 Å². The zero-order valence-corrected chi connectivity index (χ0v) is 17.7. The molecule has 0 unspecified atom stereocenters. The Morgan fingerprint density at radius 2 is 2.09 bits per heavy atom. The van der Waals surface area contributed by atoms with Crippen LogP contribution >= 0.6 is 0 Å². The Morgan fingerprint density at radius 1 is 1.33 bits per heavy atom. The molecule has 0 amide bonds. The topological polar surface area (TPSA) is 98.5 Å². The van der Waals surface area contributed by atoms with Crippen LogP contribution < -0.4 is 16.2 Å². The predicted octanol–water partition coefficient (Wildman–Crippen LogP) is 4.68. The van der Waals surface area contributed by atoms with Gasteiger partial charge in [-0.3, -0.25) is 9.48 Å². The van der Waals surface area contributed by atoms with Gasteiger partial charge < -0.3 is 15.6 Å². The maximum absolute atomic E-state index is 14.7. The second kappa shape index (κ2) is 8.86. The van der Waals surface area contributed by atoms with Crippen LogP contribution in [0.25, 0.3) is 10.9 Å². The van der Waals surface area contributed by atoms with Crippen molar-refractivity contribution in [1.29, 1.82) is 5.26 Å². The number of aromatic amines is 1. The maximum atomic E-state index is 14.7. The minimum atomic E-state index is -4.66. The van der Waals surface area contributed by atoms with Crippen LogP contribution in [0.1, 0.15) is 43.8 Å². The third-order valence-corrected chi connectivity index (χ3v) is 5.72. The number of pyridine rings is 1. The van der Waals surface area contributed by atoms with Gasteiger partial charge in [-0.05, 0) is 43.5 Å². The third-order valence-electron chi connectivity index (χ3n) is 5.72. The molecule has 0 spiro atoms. The highest BCUT2D eigenvalue weighted by molar-refractivity contribution is 5.91. The molecule has 0 radical (unpaired) electrons. The van der Waals surface area contributed by atoms with Gasteiger partial charge in [0.1, 0.15) is 17.2 Å². The summed E-state index contributed by atoms with van der Waals surface area (Å²) < 4.78 is 56.3. The van der Waals surface area contributed by atoms with Gasteiger partial charge in [-0.15, -0.1) is 0 Å². The zero-order valence-electron chi connectivity index (χ0n) is 17.7. The Balaban J connectivity index is 1.72. The van der Waals surface area contributed by atoms with Crippen molar-refractivity contribution in [2.45, 2.75) is 44.4 Å². The number of alkyl halides is 3. The molecule has 2 atom stereocenters. The number of H-pyrrole nitrogens is 1. The van der Waals surface area contributed by atoms with Gasteiger partial charge in [-0.1, -0.05) is 13.0 Å². The van der Waals surface area contributed by atoms with Gasteiger partial charge in [0.05, 0.1) is 24.0 Å². The lowest BCUT2D eigenvalue weighted by Crippen LogP contribution is -2.34. The van der Waals surface area contributed by atoms with E-state index in [0.717, 1.165) is 25.0 Å². The molecule has 1 fully saturated rings. The van der Waals surface area contributed by atoms with Crippen LogP contribution in [0.15, 0.2) is 35.3 Å². The van der Waals surface area contributed by atoms with E-state index in [1.54, 1.807) is 10.7 Å². The first-order valence-electron chi connectivity index (χ1n) is 10.6. The summed E-state index contributed by atoms with van der Waals surface area (Å²) in [6, 6.07) is 4.81. The highest BCUT2D eigenvalue weighted by Crippen LogP contribution is 2.43. The number of anilines is 2. The van der Waals surface area contributed by atoms with Crippen molar-refractivity contribution in [2.24, 2.45) is 5.92 Å². The summed E-state index contributed by atoms with van der Waals surface area (Å²) in [6.45, 7) is 1.52. The minimum Gasteiger partial charge on any atom is -0.338 e. The smallest absolute Gasteiger partial charge is 0.338 e. The van der Waals surface area contributed by atoms with Gasteiger partial charge in [0.25, 0.3) is 5.56 Å². The average Bonchev–Trinajstić information content (AvgIpc) is 3.53. The largest absolute Gasteiger partial charge is 0.408 e. The first-order chi connectivity index (χ1) is 15.7. The Hall–Kier alpha value is -3.39. The number of hydrogen-bond acceptors (Lipinski definition) is 5. The number of nitrogens with zero attached hydrogens (tertiary/aromatic N) is 3. The van der Waals surface area contributed by atoms with Gasteiger partial charge in [-0.25, -0.2) is 4.39 Å². The summed E-state index contributed by atoms with van der Waals surface area (Å²) in [7, 11) is 0. The van der Waals surface area contributed by atoms with Crippen LogP contribution in [-0.4, -0.2) is 27.5 Å². The molecule has 1 aromatic carbocycles. The van der Waals surface area contributed by atoms with Gasteiger partial charge in [0, 0.05) is 17.4 Å². The van der Waals surface area contributed by atoms with Crippen LogP contribution in [0.4, 0.5) is 29.1 Å². The Labute approximate surface area is 186 Å². The first-order valence-corrected chi connectivity index (χ1v) is 10.6. The Morgan fingerprint density at radius 3 is 2.70 bits per heavy atom. The minimum absolute atomic E-state index is 0.0146. The Bertz CT molecular complexity index is 1250. The quantitative estimate of drug-likeness (QED) is 0.422. The summed E-state index contributed by atoms with van der Waals surface area (Å²) in [6.07, 6.45) is -1.04. The van der Waals surface area contributed by atoms with Gasteiger partial charge in [-0.2, -0.15) is 23.5 Å². The molecule has 1 saturated carbocycles. The molecule has 174 valence electrons. The summed E-state index contributed by atoms with van der Waals surface area (Å²) in [5.74, 6) is -0.620. The van der Waals surface area contributed by atoms with Gasteiger partial charge in [0.2, 0.25) is 0 Å². The molecule has 2 heterocycles. The molecule has 1 aliphatic carbocycles. The van der Waals surface area contributed by atoms with Crippen LogP contribution in [0.2, 0.25) is 0 Å². The van der Waals surface area contributed by atoms with Crippen molar-refractivity contribution in [3.05, 3.63) is 52.2 Å². The van der Waals surface area contributed by atoms with Crippen molar-refractivity contribution in [3.63, 3.8) is 0 Å². The van der Waals surface area contributed by atoms with Crippen LogP contribution in [0.3, 0.4) is 0 Å². The zero-order chi connectivity index (χ0) is 23.8.